The minimum Gasteiger partial charge on any atom is -0.314 e. The summed E-state index contributed by atoms with van der Waals surface area (Å²) in [6.45, 7) is 8.03. The molecule has 0 unspecified atom stereocenters. The fourth-order valence-electron chi connectivity index (χ4n) is 2.92. The number of rotatable bonds is 5. The van der Waals surface area contributed by atoms with Crippen molar-refractivity contribution in [1.29, 1.82) is 0 Å². The second kappa shape index (κ2) is 7.53. The van der Waals surface area contributed by atoms with Gasteiger partial charge in [0, 0.05) is 42.3 Å². The largest absolute Gasteiger partial charge is 0.314 e. The summed E-state index contributed by atoms with van der Waals surface area (Å²) < 4.78 is 15.5. The van der Waals surface area contributed by atoms with Crippen LogP contribution in [0.1, 0.15) is 43.4 Å². The summed E-state index contributed by atoms with van der Waals surface area (Å²) in [5.41, 5.74) is 1.58. The fourth-order valence-corrected chi connectivity index (χ4v) is 3.51. The van der Waals surface area contributed by atoms with Crippen LogP contribution in [0, 0.1) is 12.7 Å². The molecule has 1 aromatic rings. The lowest BCUT2D eigenvalue weighted by Gasteiger charge is -2.35. The molecule has 2 nitrogen and oxygen atoms in total. The smallest absolute Gasteiger partial charge is 0.130 e. The van der Waals surface area contributed by atoms with Crippen molar-refractivity contribution in [3.63, 3.8) is 0 Å². The maximum atomic E-state index is 14.6. The Bertz CT molecular complexity index is 444. The molecule has 0 amide bonds. The molecule has 0 aromatic heterocycles. The molecule has 1 aliphatic heterocycles. The van der Waals surface area contributed by atoms with E-state index in [2.05, 4.69) is 33.1 Å². The molecule has 1 aliphatic rings. The lowest BCUT2D eigenvalue weighted by atomic mass is 9.96. The maximum Gasteiger partial charge on any atom is 0.130 e. The number of hydrogen-bond donors (Lipinski definition) is 1. The van der Waals surface area contributed by atoms with Crippen LogP contribution in [0.15, 0.2) is 16.6 Å². The normalized spacial score (nSPS) is 18.2. The second-order valence-corrected chi connectivity index (χ2v) is 6.49. The van der Waals surface area contributed by atoms with E-state index in [9.17, 15) is 4.39 Å². The minimum absolute atomic E-state index is 0.0344. The van der Waals surface area contributed by atoms with Gasteiger partial charge in [-0.25, -0.2) is 4.39 Å². The summed E-state index contributed by atoms with van der Waals surface area (Å²) in [6, 6.07) is 4.02. The third-order valence-electron chi connectivity index (χ3n) is 4.03. The molecule has 0 bridgehead atoms. The molecular weight excluding hydrogens is 319 g/mol. The van der Waals surface area contributed by atoms with Crippen molar-refractivity contribution < 1.29 is 4.39 Å². The number of hydrogen-bond acceptors (Lipinski definition) is 2. The minimum atomic E-state index is -0.0344. The quantitative estimate of drug-likeness (QED) is 0.868. The highest BCUT2D eigenvalue weighted by atomic mass is 79.9. The van der Waals surface area contributed by atoms with Crippen LogP contribution in [0.3, 0.4) is 0 Å². The average Bonchev–Trinajstić information content (AvgIpc) is 2.45. The summed E-state index contributed by atoms with van der Waals surface area (Å²) in [7, 11) is 0. The van der Waals surface area contributed by atoms with Crippen molar-refractivity contribution in [2.45, 2.75) is 39.2 Å². The zero-order valence-corrected chi connectivity index (χ0v) is 14.0. The molecule has 1 N–H and O–H groups in total. The molecule has 20 heavy (non-hydrogen) atoms. The highest BCUT2D eigenvalue weighted by Crippen LogP contribution is 2.32. The topological polar surface area (TPSA) is 15.3 Å². The van der Waals surface area contributed by atoms with Gasteiger partial charge < -0.3 is 5.32 Å². The van der Waals surface area contributed by atoms with Gasteiger partial charge in [-0.1, -0.05) is 35.7 Å². The van der Waals surface area contributed by atoms with Crippen LogP contribution in [-0.2, 0) is 0 Å². The van der Waals surface area contributed by atoms with Crippen LogP contribution in [-0.4, -0.2) is 31.1 Å². The number of piperazine rings is 1. The van der Waals surface area contributed by atoms with Crippen molar-refractivity contribution in [3.05, 3.63) is 33.5 Å². The maximum absolute atomic E-state index is 14.6. The Hall–Kier alpha value is -0.450. The van der Waals surface area contributed by atoms with Gasteiger partial charge in [0.25, 0.3) is 0 Å². The highest BCUT2D eigenvalue weighted by molar-refractivity contribution is 9.10. The monoisotopic (exact) mass is 342 g/mol. The molecule has 4 heteroatoms. The molecule has 0 aliphatic carbocycles. The Morgan fingerprint density at radius 2 is 2.05 bits per heavy atom. The van der Waals surface area contributed by atoms with E-state index in [0.29, 0.717) is 0 Å². The average molecular weight is 343 g/mol. The first-order valence-electron chi connectivity index (χ1n) is 7.53. The van der Waals surface area contributed by atoms with Crippen molar-refractivity contribution >= 4 is 15.9 Å². The predicted octanol–water partition coefficient (Wildman–Crippen LogP) is 4.03. The number of aryl methyl sites for hydroxylation is 1. The van der Waals surface area contributed by atoms with Crippen LogP contribution in [0.4, 0.5) is 4.39 Å². The first-order chi connectivity index (χ1) is 9.63. The fraction of sp³-hybridized carbons (Fsp3) is 0.625. The zero-order chi connectivity index (χ0) is 14.5. The van der Waals surface area contributed by atoms with Crippen molar-refractivity contribution in [2.75, 3.05) is 26.2 Å². The van der Waals surface area contributed by atoms with E-state index < -0.39 is 0 Å². The number of nitrogens with one attached hydrogen (secondary N) is 1. The van der Waals surface area contributed by atoms with E-state index >= 15 is 0 Å². The van der Waals surface area contributed by atoms with Crippen molar-refractivity contribution in [1.82, 2.24) is 10.2 Å². The van der Waals surface area contributed by atoms with Crippen LogP contribution < -0.4 is 5.32 Å². The van der Waals surface area contributed by atoms with E-state index in [4.69, 9.17) is 0 Å². The van der Waals surface area contributed by atoms with Crippen molar-refractivity contribution in [2.24, 2.45) is 0 Å². The van der Waals surface area contributed by atoms with Gasteiger partial charge in [0.1, 0.15) is 5.82 Å². The van der Waals surface area contributed by atoms with Gasteiger partial charge in [0.05, 0.1) is 0 Å². The molecule has 112 valence electrons. The van der Waals surface area contributed by atoms with Gasteiger partial charge in [-0.05, 0) is 31.0 Å². The van der Waals surface area contributed by atoms with E-state index in [0.717, 1.165) is 61.0 Å². The summed E-state index contributed by atoms with van der Waals surface area (Å²) in [4.78, 5) is 2.43. The number of halogens is 2. The third-order valence-corrected chi connectivity index (χ3v) is 4.49. The Morgan fingerprint density at radius 1 is 1.35 bits per heavy atom. The number of nitrogens with zero attached hydrogens (tertiary/aromatic N) is 1. The SMILES string of the molecule is CCCC[C@@H](c1cc(Br)cc(C)c1F)N1CCNCC1. The van der Waals surface area contributed by atoms with Gasteiger partial charge in [0.15, 0.2) is 0 Å². The zero-order valence-electron chi connectivity index (χ0n) is 12.4. The van der Waals surface area contributed by atoms with Gasteiger partial charge in [-0.15, -0.1) is 0 Å². The van der Waals surface area contributed by atoms with Crippen LogP contribution in [0.25, 0.3) is 0 Å². The molecule has 1 heterocycles. The molecule has 0 radical (unpaired) electrons. The Morgan fingerprint density at radius 3 is 2.70 bits per heavy atom. The Balaban J connectivity index is 2.29. The van der Waals surface area contributed by atoms with Gasteiger partial charge in [0.2, 0.25) is 0 Å². The van der Waals surface area contributed by atoms with E-state index in [1.807, 2.05) is 19.1 Å². The molecular formula is C16H24BrFN2. The van der Waals surface area contributed by atoms with Crippen molar-refractivity contribution in [3.8, 4) is 0 Å². The first-order valence-corrected chi connectivity index (χ1v) is 8.33. The first kappa shape index (κ1) is 15.9. The molecule has 1 aromatic carbocycles. The standard InChI is InChI=1S/C16H24BrFN2/c1-3-4-5-15(20-8-6-19-7-9-20)14-11-13(17)10-12(2)16(14)18/h10-11,15,19H,3-9H2,1-2H3/t15-/m0/s1. The Kier molecular flexibility index (Phi) is 6.00. The second-order valence-electron chi connectivity index (χ2n) is 5.57. The summed E-state index contributed by atoms with van der Waals surface area (Å²) in [5.74, 6) is -0.0344. The molecule has 1 atom stereocenters. The lowest BCUT2D eigenvalue weighted by Crippen LogP contribution is -2.45. The van der Waals surface area contributed by atoms with Gasteiger partial charge in [-0.3, -0.25) is 4.90 Å². The lowest BCUT2D eigenvalue weighted by molar-refractivity contribution is 0.160. The van der Waals surface area contributed by atoms with Gasteiger partial charge >= 0.3 is 0 Å². The Labute approximate surface area is 129 Å². The summed E-state index contributed by atoms with van der Waals surface area (Å²) >= 11 is 3.51. The number of benzene rings is 1. The number of unbranched alkanes of at least 4 members (excludes halogenated alkanes) is 1. The third kappa shape index (κ3) is 3.80. The van der Waals surface area contributed by atoms with Crippen LogP contribution in [0.5, 0.6) is 0 Å². The van der Waals surface area contributed by atoms with E-state index in [1.165, 1.54) is 0 Å². The van der Waals surface area contributed by atoms with Crippen LogP contribution >= 0.6 is 15.9 Å². The predicted molar refractivity (Wildman–Crippen MR) is 85.5 cm³/mol. The molecule has 0 spiro atoms. The van der Waals surface area contributed by atoms with Gasteiger partial charge in [-0.2, -0.15) is 0 Å². The highest BCUT2D eigenvalue weighted by Gasteiger charge is 2.25. The molecule has 0 saturated carbocycles. The summed E-state index contributed by atoms with van der Waals surface area (Å²) in [6.07, 6.45) is 3.32. The van der Waals surface area contributed by atoms with E-state index in [1.54, 1.807) is 0 Å². The summed E-state index contributed by atoms with van der Waals surface area (Å²) in [5, 5.41) is 3.37. The molecule has 2 rings (SSSR count). The van der Waals surface area contributed by atoms with E-state index in [-0.39, 0.29) is 11.9 Å². The van der Waals surface area contributed by atoms with Crippen LogP contribution in [0.2, 0.25) is 0 Å². The molecule has 1 fully saturated rings. The molecule has 1 saturated heterocycles.